The average molecular weight is 333 g/mol. The summed E-state index contributed by atoms with van der Waals surface area (Å²) in [6.45, 7) is 7.61. The Morgan fingerprint density at radius 1 is 1.13 bits per heavy atom. The van der Waals surface area contributed by atoms with Gasteiger partial charge in [-0.15, -0.1) is 0 Å². The van der Waals surface area contributed by atoms with Crippen LogP contribution in [0.5, 0.6) is 0 Å². The maximum absolute atomic E-state index is 12.3. The molecule has 0 bridgehead atoms. The van der Waals surface area contributed by atoms with Gasteiger partial charge in [-0.2, -0.15) is 4.31 Å². The van der Waals surface area contributed by atoms with E-state index in [9.17, 15) is 8.42 Å². The van der Waals surface area contributed by atoms with E-state index in [1.54, 1.807) is 4.31 Å². The van der Waals surface area contributed by atoms with Crippen LogP contribution in [0.2, 0.25) is 0 Å². The first-order valence-electron chi connectivity index (χ1n) is 8.25. The molecular formula is C17H23N3O2S. The lowest BCUT2D eigenvalue weighted by Crippen LogP contribution is -2.52. The largest absolute Gasteiger partial charge is 0.322 e. The van der Waals surface area contributed by atoms with Gasteiger partial charge in [-0.25, -0.2) is 13.4 Å². The summed E-state index contributed by atoms with van der Waals surface area (Å²) in [5.74, 6) is 1.03. The molecule has 1 saturated heterocycles. The Labute approximate surface area is 137 Å². The van der Waals surface area contributed by atoms with Crippen molar-refractivity contribution in [3.05, 3.63) is 30.1 Å². The number of fused-ring (bicyclic) bond motifs is 1. The highest BCUT2D eigenvalue weighted by atomic mass is 32.2. The summed E-state index contributed by atoms with van der Waals surface area (Å²) in [6, 6.07) is 8.31. The standard InChI is InChI=1S/C17H23N3O2S/c1-17(2,3)16-18-14-6-4-5-7-15(14)20(16)12-10-19(11-12)23(21,22)13-8-9-13/h4-7,12-13H,8-11H2,1-3H3. The van der Waals surface area contributed by atoms with Gasteiger partial charge >= 0.3 is 0 Å². The average Bonchev–Trinajstić information content (AvgIpc) is 3.19. The molecule has 0 amide bonds. The number of aromatic nitrogens is 2. The molecule has 0 N–H and O–H groups in total. The van der Waals surface area contributed by atoms with Crippen molar-refractivity contribution in [3.63, 3.8) is 0 Å². The van der Waals surface area contributed by atoms with Gasteiger partial charge in [0.25, 0.3) is 0 Å². The van der Waals surface area contributed by atoms with Gasteiger partial charge in [-0.3, -0.25) is 0 Å². The van der Waals surface area contributed by atoms with E-state index in [-0.39, 0.29) is 16.7 Å². The summed E-state index contributed by atoms with van der Waals surface area (Å²) in [5.41, 5.74) is 2.02. The Morgan fingerprint density at radius 3 is 2.39 bits per heavy atom. The van der Waals surface area contributed by atoms with Crippen LogP contribution in [0, 0.1) is 0 Å². The Kier molecular flexibility index (Phi) is 3.16. The maximum Gasteiger partial charge on any atom is 0.217 e. The van der Waals surface area contributed by atoms with Crippen molar-refractivity contribution in [1.29, 1.82) is 0 Å². The Bertz CT molecular complexity index is 854. The summed E-state index contributed by atoms with van der Waals surface area (Å²) in [6.07, 6.45) is 1.65. The first-order chi connectivity index (χ1) is 10.8. The van der Waals surface area contributed by atoms with Gasteiger partial charge in [-0.05, 0) is 25.0 Å². The predicted octanol–water partition coefficient (Wildman–Crippen LogP) is 2.68. The first kappa shape index (κ1) is 15.1. The summed E-state index contributed by atoms with van der Waals surface area (Å²) in [4.78, 5) is 4.82. The van der Waals surface area contributed by atoms with Crippen molar-refractivity contribution in [3.8, 4) is 0 Å². The van der Waals surface area contributed by atoms with Gasteiger partial charge in [0.15, 0.2) is 0 Å². The lowest BCUT2D eigenvalue weighted by molar-refractivity contribution is 0.200. The minimum Gasteiger partial charge on any atom is -0.322 e. The molecule has 1 aromatic heterocycles. The molecule has 5 nitrogen and oxygen atoms in total. The van der Waals surface area contributed by atoms with Crippen molar-refractivity contribution in [2.45, 2.75) is 50.3 Å². The number of nitrogens with zero attached hydrogens (tertiary/aromatic N) is 3. The molecule has 1 aliphatic carbocycles. The second-order valence-corrected chi connectivity index (χ2v) is 9.97. The highest BCUT2D eigenvalue weighted by Gasteiger charge is 2.46. The van der Waals surface area contributed by atoms with Crippen LogP contribution >= 0.6 is 0 Å². The molecule has 2 heterocycles. The third-order valence-corrected chi connectivity index (χ3v) is 7.10. The summed E-state index contributed by atoms with van der Waals surface area (Å²) >= 11 is 0. The SMILES string of the molecule is CC(C)(C)c1nc2ccccc2n1C1CN(S(=O)(=O)C2CC2)C1. The molecule has 1 aliphatic heterocycles. The number of benzene rings is 1. The number of imidazole rings is 1. The van der Waals surface area contributed by atoms with Crippen LogP contribution in [-0.4, -0.2) is 40.6 Å². The number of sulfonamides is 1. The fraction of sp³-hybridized carbons (Fsp3) is 0.588. The zero-order valence-corrected chi connectivity index (χ0v) is 14.7. The van der Waals surface area contributed by atoms with Crippen LogP contribution < -0.4 is 0 Å². The van der Waals surface area contributed by atoms with Crippen molar-refractivity contribution >= 4 is 21.1 Å². The van der Waals surface area contributed by atoms with Crippen molar-refractivity contribution in [2.75, 3.05) is 13.1 Å². The number of hydrogen-bond donors (Lipinski definition) is 0. The Morgan fingerprint density at radius 2 is 1.78 bits per heavy atom. The minimum atomic E-state index is -3.06. The molecule has 2 aromatic rings. The zero-order chi connectivity index (χ0) is 16.4. The quantitative estimate of drug-likeness (QED) is 0.868. The van der Waals surface area contributed by atoms with Gasteiger partial charge in [0.05, 0.1) is 22.3 Å². The van der Waals surface area contributed by atoms with Crippen molar-refractivity contribution in [1.82, 2.24) is 13.9 Å². The van der Waals surface area contributed by atoms with Crippen molar-refractivity contribution in [2.24, 2.45) is 0 Å². The summed E-state index contributed by atoms with van der Waals surface area (Å²) in [5, 5.41) is -0.120. The molecule has 0 spiro atoms. The molecule has 124 valence electrons. The molecule has 4 rings (SSSR count). The predicted molar refractivity (Wildman–Crippen MR) is 91.0 cm³/mol. The fourth-order valence-corrected chi connectivity index (χ4v) is 5.22. The lowest BCUT2D eigenvalue weighted by atomic mass is 9.95. The maximum atomic E-state index is 12.3. The zero-order valence-electron chi connectivity index (χ0n) is 13.9. The minimum absolute atomic E-state index is 0.0746. The van der Waals surface area contributed by atoms with Crippen molar-refractivity contribution < 1.29 is 8.42 Å². The van der Waals surface area contributed by atoms with E-state index in [1.807, 2.05) is 18.2 Å². The molecule has 1 saturated carbocycles. The van der Waals surface area contributed by atoms with Gasteiger partial charge in [-0.1, -0.05) is 32.9 Å². The molecule has 6 heteroatoms. The van der Waals surface area contributed by atoms with Gasteiger partial charge in [0, 0.05) is 18.5 Å². The summed E-state index contributed by atoms with van der Waals surface area (Å²) in [7, 11) is -3.06. The second kappa shape index (κ2) is 4.80. The molecule has 0 atom stereocenters. The molecule has 1 aromatic carbocycles. The molecular weight excluding hydrogens is 310 g/mol. The molecule has 2 fully saturated rings. The normalized spacial score (nSPS) is 20.8. The van der Waals surface area contributed by atoms with Crippen LogP contribution in [0.3, 0.4) is 0 Å². The van der Waals surface area contributed by atoms with E-state index in [0.717, 1.165) is 29.7 Å². The third-order valence-electron chi connectivity index (χ3n) is 4.77. The lowest BCUT2D eigenvalue weighted by Gasteiger charge is -2.40. The Balaban J connectivity index is 1.70. The Hall–Kier alpha value is -1.40. The first-order valence-corrected chi connectivity index (χ1v) is 9.75. The molecule has 0 radical (unpaired) electrons. The third kappa shape index (κ3) is 2.39. The number of para-hydroxylation sites is 2. The monoisotopic (exact) mass is 333 g/mol. The van der Waals surface area contributed by atoms with Crippen LogP contribution in [0.4, 0.5) is 0 Å². The van der Waals surface area contributed by atoms with E-state index in [4.69, 9.17) is 4.98 Å². The van der Waals surface area contributed by atoms with Crippen LogP contribution in [0.25, 0.3) is 11.0 Å². The highest BCUT2D eigenvalue weighted by molar-refractivity contribution is 7.90. The highest BCUT2D eigenvalue weighted by Crippen LogP contribution is 2.38. The van der Waals surface area contributed by atoms with Crippen LogP contribution in [-0.2, 0) is 15.4 Å². The van der Waals surface area contributed by atoms with E-state index in [0.29, 0.717) is 13.1 Å². The fourth-order valence-electron chi connectivity index (χ4n) is 3.31. The van der Waals surface area contributed by atoms with Gasteiger partial charge < -0.3 is 4.57 Å². The number of rotatable bonds is 3. The topological polar surface area (TPSA) is 55.2 Å². The van der Waals surface area contributed by atoms with Crippen LogP contribution in [0.1, 0.15) is 45.5 Å². The number of hydrogen-bond acceptors (Lipinski definition) is 3. The van der Waals surface area contributed by atoms with E-state index < -0.39 is 10.0 Å². The van der Waals surface area contributed by atoms with E-state index in [2.05, 4.69) is 31.4 Å². The molecule has 23 heavy (non-hydrogen) atoms. The van der Waals surface area contributed by atoms with E-state index in [1.165, 1.54) is 0 Å². The smallest absolute Gasteiger partial charge is 0.217 e. The van der Waals surface area contributed by atoms with Gasteiger partial charge in [0.1, 0.15) is 5.82 Å². The van der Waals surface area contributed by atoms with E-state index >= 15 is 0 Å². The molecule has 2 aliphatic rings. The summed E-state index contributed by atoms with van der Waals surface area (Å²) < 4.78 is 28.6. The second-order valence-electron chi connectivity index (χ2n) is 7.76. The molecule has 0 unspecified atom stereocenters. The van der Waals surface area contributed by atoms with Gasteiger partial charge in [0.2, 0.25) is 10.0 Å². The van der Waals surface area contributed by atoms with Crippen LogP contribution in [0.15, 0.2) is 24.3 Å².